The average molecular weight is 247 g/mol. The van der Waals surface area contributed by atoms with Crippen LogP contribution in [0.1, 0.15) is 13.8 Å². The average Bonchev–Trinajstić information content (AvgIpc) is 2.36. The van der Waals surface area contributed by atoms with Gasteiger partial charge in [0.2, 0.25) is 17.8 Å². The van der Waals surface area contributed by atoms with E-state index in [0.717, 1.165) is 0 Å². The van der Waals surface area contributed by atoms with Crippen molar-refractivity contribution < 1.29 is 0 Å². The summed E-state index contributed by atoms with van der Waals surface area (Å²) in [4.78, 5) is 13.9. The lowest BCUT2D eigenvalue weighted by atomic mass is 10.5. The van der Waals surface area contributed by atoms with Crippen molar-refractivity contribution in [3.8, 4) is 6.19 Å². The standard InChI is InChI=1S/C11H17N7/c1-4-7-18(8-12)11-16-9(13-5-2)15-10(17-11)14-6-3/h4H,1,5-7H2,2-3H3,(H2,13,14,15,16,17). The van der Waals surface area contributed by atoms with Crippen LogP contribution in [0.5, 0.6) is 0 Å². The first-order chi connectivity index (χ1) is 8.74. The molecule has 1 aromatic heterocycles. The maximum absolute atomic E-state index is 9.04. The molecule has 0 aliphatic heterocycles. The van der Waals surface area contributed by atoms with Crippen LogP contribution in [0, 0.1) is 11.5 Å². The van der Waals surface area contributed by atoms with Crippen molar-refractivity contribution in [2.24, 2.45) is 0 Å². The van der Waals surface area contributed by atoms with Crippen LogP contribution >= 0.6 is 0 Å². The first-order valence-electron chi connectivity index (χ1n) is 5.77. The van der Waals surface area contributed by atoms with Gasteiger partial charge in [0.1, 0.15) is 0 Å². The molecule has 7 nitrogen and oxygen atoms in total. The van der Waals surface area contributed by atoms with Crippen LogP contribution in [0.2, 0.25) is 0 Å². The van der Waals surface area contributed by atoms with E-state index in [0.29, 0.717) is 37.5 Å². The Hall–Kier alpha value is -2.36. The number of hydrogen-bond donors (Lipinski definition) is 2. The molecule has 96 valence electrons. The van der Waals surface area contributed by atoms with Crippen molar-refractivity contribution in [3.05, 3.63) is 12.7 Å². The first-order valence-corrected chi connectivity index (χ1v) is 5.77. The second-order valence-electron chi connectivity index (χ2n) is 3.34. The number of aromatic nitrogens is 3. The Labute approximate surface area is 107 Å². The van der Waals surface area contributed by atoms with E-state index in [2.05, 4.69) is 32.2 Å². The number of hydrogen-bond acceptors (Lipinski definition) is 7. The van der Waals surface area contributed by atoms with E-state index in [1.165, 1.54) is 4.90 Å². The zero-order chi connectivity index (χ0) is 13.4. The van der Waals surface area contributed by atoms with Gasteiger partial charge in [0.15, 0.2) is 6.19 Å². The summed E-state index contributed by atoms with van der Waals surface area (Å²) in [5.41, 5.74) is 0. The second kappa shape index (κ2) is 7.06. The summed E-state index contributed by atoms with van der Waals surface area (Å²) in [6.45, 7) is 9.24. The molecular formula is C11H17N7. The topological polar surface area (TPSA) is 89.8 Å². The van der Waals surface area contributed by atoms with Crippen LogP contribution < -0.4 is 15.5 Å². The molecule has 0 saturated heterocycles. The smallest absolute Gasteiger partial charge is 0.245 e. The molecule has 1 aromatic rings. The van der Waals surface area contributed by atoms with Crippen LogP contribution in [0.15, 0.2) is 12.7 Å². The van der Waals surface area contributed by atoms with Gasteiger partial charge in [-0.2, -0.15) is 20.2 Å². The Bertz CT molecular complexity index is 413. The summed E-state index contributed by atoms with van der Waals surface area (Å²) >= 11 is 0. The zero-order valence-electron chi connectivity index (χ0n) is 10.6. The van der Waals surface area contributed by atoms with Gasteiger partial charge in [-0.15, -0.1) is 6.58 Å². The summed E-state index contributed by atoms with van der Waals surface area (Å²) in [5.74, 6) is 1.20. The second-order valence-corrected chi connectivity index (χ2v) is 3.34. The van der Waals surface area contributed by atoms with E-state index < -0.39 is 0 Å². The van der Waals surface area contributed by atoms with Gasteiger partial charge in [0.25, 0.3) is 0 Å². The zero-order valence-corrected chi connectivity index (χ0v) is 10.6. The fourth-order valence-corrected chi connectivity index (χ4v) is 1.26. The largest absolute Gasteiger partial charge is 0.354 e. The molecule has 2 N–H and O–H groups in total. The van der Waals surface area contributed by atoms with E-state index in [-0.39, 0.29) is 0 Å². The van der Waals surface area contributed by atoms with E-state index in [1.807, 2.05) is 20.0 Å². The van der Waals surface area contributed by atoms with Gasteiger partial charge in [-0.3, -0.25) is 0 Å². The Balaban J connectivity index is 3.08. The van der Waals surface area contributed by atoms with E-state index in [4.69, 9.17) is 5.26 Å². The molecule has 0 saturated carbocycles. The molecule has 7 heteroatoms. The van der Waals surface area contributed by atoms with Crippen LogP contribution in [0.25, 0.3) is 0 Å². The Morgan fingerprint density at radius 1 is 1.22 bits per heavy atom. The quantitative estimate of drug-likeness (QED) is 0.425. The number of nitriles is 1. The third-order valence-electron chi connectivity index (χ3n) is 1.97. The van der Waals surface area contributed by atoms with Gasteiger partial charge >= 0.3 is 0 Å². The van der Waals surface area contributed by atoms with E-state index in [1.54, 1.807) is 6.08 Å². The highest BCUT2D eigenvalue weighted by atomic mass is 15.3. The maximum Gasteiger partial charge on any atom is 0.245 e. The van der Waals surface area contributed by atoms with Crippen LogP contribution in [-0.4, -0.2) is 34.6 Å². The van der Waals surface area contributed by atoms with Gasteiger partial charge in [-0.05, 0) is 13.8 Å². The third-order valence-corrected chi connectivity index (χ3v) is 1.97. The van der Waals surface area contributed by atoms with Crippen molar-refractivity contribution in [1.82, 2.24) is 15.0 Å². The Morgan fingerprint density at radius 3 is 2.17 bits per heavy atom. The highest BCUT2D eigenvalue weighted by Crippen LogP contribution is 2.12. The summed E-state index contributed by atoms with van der Waals surface area (Å²) in [7, 11) is 0. The minimum Gasteiger partial charge on any atom is -0.354 e. The predicted octanol–water partition coefficient (Wildman–Crippen LogP) is 1.21. The van der Waals surface area contributed by atoms with Crippen molar-refractivity contribution in [2.75, 3.05) is 35.2 Å². The lowest BCUT2D eigenvalue weighted by molar-refractivity contribution is 0.940. The fourth-order valence-electron chi connectivity index (χ4n) is 1.26. The van der Waals surface area contributed by atoms with Gasteiger partial charge in [0, 0.05) is 13.1 Å². The fraction of sp³-hybridized carbons (Fsp3) is 0.455. The lowest BCUT2D eigenvalue weighted by Gasteiger charge is -2.13. The lowest BCUT2D eigenvalue weighted by Crippen LogP contribution is -2.21. The van der Waals surface area contributed by atoms with Gasteiger partial charge in [0.05, 0.1) is 6.54 Å². The summed E-state index contributed by atoms with van der Waals surface area (Å²) in [6, 6.07) is 0. The molecule has 0 aliphatic carbocycles. The molecule has 0 fully saturated rings. The van der Waals surface area contributed by atoms with Gasteiger partial charge < -0.3 is 10.6 Å². The van der Waals surface area contributed by atoms with E-state index in [9.17, 15) is 0 Å². The highest BCUT2D eigenvalue weighted by molar-refractivity contribution is 5.46. The first kappa shape index (κ1) is 13.7. The minimum atomic E-state index is 0.305. The Morgan fingerprint density at radius 2 is 1.78 bits per heavy atom. The summed E-state index contributed by atoms with van der Waals surface area (Å²) in [5, 5.41) is 15.0. The number of nitrogens with zero attached hydrogens (tertiary/aromatic N) is 5. The van der Waals surface area contributed by atoms with Gasteiger partial charge in [-0.1, -0.05) is 6.08 Å². The molecule has 0 spiro atoms. The minimum absolute atomic E-state index is 0.305. The molecule has 0 atom stereocenters. The summed E-state index contributed by atoms with van der Waals surface area (Å²) in [6.07, 6.45) is 3.63. The Kier molecular flexibility index (Phi) is 5.38. The van der Waals surface area contributed by atoms with E-state index >= 15 is 0 Å². The molecule has 1 rings (SSSR count). The molecule has 1 heterocycles. The number of nitrogens with one attached hydrogen (secondary N) is 2. The molecule has 0 aromatic carbocycles. The molecule has 0 aliphatic rings. The highest BCUT2D eigenvalue weighted by Gasteiger charge is 2.11. The third kappa shape index (κ3) is 3.59. The molecule has 18 heavy (non-hydrogen) atoms. The van der Waals surface area contributed by atoms with Crippen molar-refractivity contribution in [2.45, 2.75) is 13.8 Å². The normalized spacial score (nSPS) is 9.39. The number of rotatable bonds is 7. The molecule has 0 amide bonds. The predicted molar refractivity (Wildman–Crippen MR) is 71.3 cm³/mol. The molecule has 0 radical (unpaired) electrons. The van der Waals surface area contributed by atoms with Crippen molar-refractivity contribution in [1.29, 1.82) is 5.26 Å². The molecule has 0 unspecified atom stereocenters. The van der Waals surface area contributed by atoms with Crippen molar-refractivity contribution in [3.63, 3.8) is 0 Å². The molecule has 0 bridgehead atoms. The SMILES string of the molecule is C=CCN(C#N)c1nc(NCC)nc(NCC)n1. The van der Waals surface area contributed by atoms with Gasteiger partial charge in [-0.25, -0.2) is 4.90 Å². The van der Waals surface area contributed by atoms with Crippen LogP contribution in [0.3, 0.4) is 0 Å². The molecular weight excluding hydrogens is 230 g/mol. The monoisotopic (exact) mass is 247 g/mol. The van der Waals surface area contributed by atoms with Crippen molar-refractivity contribution >= 4 is 17.8 Å². The van der Waals surface area contributed by atoms with Crippen LogP contribution in [0.4, 0.5) is 17.8 Å². The number of anilines is 3. The summed E-state index contributed by atoms with van der Waals surface area (Å²) < 4.78 is 0. The van der Waals surface area contributed by atoms with Crippen LogP contribution in [-0.2, 0) is 0 Å². The maximum atomic E-state index is 9.04.